The summed E-state index contributed by atoms with van der Waals surface area (Å²) >= 11 is 12.2. The lowest BCUT2D eigenvalue weighted by Crippen LogP contribution is -2.08. The van der Waals surface area contributed by atoms with Gasteiger partial charge in [-0.2, -0.15) is 0 Å². The predicted octanol–water partition coefficient (Wildman–Crippen LogP) is 4.34. The maximum absolute atomic E-state index is 11.6. The molecule has 1 aromatic carbocycles. The summed E-state index contributed by atoms with van der Waals surface area (Å²) in [5.74, 6) is -0.609. The number of hydrogen-bond acceptors (Lipinski definition) is 2. The van der Waals surface area contributed by atoms with Crippen LogP contribution in [0.25, 0.3) is 16.7 Å². The van der Waals surface area contributed by atoms with E-state index in [1.807, 2.05) is 13.0 Å². The van der Waals surface area contributed by atoms with Gasteiger partial charge in [0.15, 0.2) is 5.69 Å². The van der Waals surface area contributed by atoms with Crippen molar-refractivity contribution in [1.82, 2.24) is 9.55 Å². The number of aryl methyl sites for hydroxylation is 1. The fourth-order valence-electron chi connectivity index (χ4n) is 2.30. The molecule has 0 unspecified atom stereocenters. The Morgan fingerprint density at radius 3 is 2.67 bits per heavy atom. The summed E-state index contributed by atoms with van der Waals surface area (Å²) < 4.78 is 1.53. The fraction of sp³-hybridized carbons (Fsp3) is 0.0667. The number of fused-ring (bicyclic) bond motifs is 1. The number of halogens is 2. The highest BCUT2D eigenvalue weighted by Gasteiger charge is 2.23. The zero-order valence-electron chi connectivity index (χ0n) is 11.0. The van der Waals surface area contributed by atoms with Gasteiger partial charge in [-0.1, -0.05) is 23.2 Å². The summed E-state index contributed by atoms with van der Waals surface area (Å²) in [6.45, 7) is 1.91. The highest BCUT2D eigenvalue weighted by atomic mass is 35.5. The Kier molecular flexibility index (Phi) is 3.35. The molecule has 0 aliphatic heterocycles. The normalized spacial score (nSPS) is 11.0. The maximum atomic E-state index is 11.6. The summed E-state index contributed by atoms with van der Waals surface area (Å²) in [5.41, 5.74) is 1.61. The second-order valence-corrected chi connectivity index (χ2v) is 5.47. The molecule has 0 fully saturated rings. The molecule has 106 valence electrons. The molecule has 3 rings (SSSR count). The number of carboxylic acid groups (broad SMARTS) is 1. The lowest BCUT2D eigenvalue weighted by molar-refractivity contribution is 0.0688. The van der Waals surface area contributed by atoms with Gasteiger partial charge < -0.3 is 5.11 Å². The lowest BCUT2D eigenvalue weighted by atomic mass is 10.2. The second kappa shape index (κ2) is 5.06. The molecule has 0 aliphatic carbocycles. The van der Waals surface area contributed by atoms with Crippen LogP contribution >= 0.6 is 23.2 Å². The Morgan fingerprint density at radius 2 is 2.00 bits per heavy atom. The summed E-state index contributed by atoms with van der Waals surface area (Å²) in [4.78, 5) is 15.8. The van der Waals surface area contributed by atoms with E-state index < -0.39 is 5.97 Å². The Labute approximate surface area is 130 Å². The number of aromatic nitrogens is 2. The SMILES string of the molecule is Cc1ccnc(-n2c(C(=O)O)c(Cl)c3cc(Cl)ccc32)c1. The summed E-state index contributed by atoms with van der Waals surface area (Å²) in [6.07, 6.45) is 1.63. The molecule has 0 amide bonds. The highest BCUT2D eigenvalue weighted by molar-refractivity contribution is 6.39. The molecule has 3 aromatic rings. The Bertz CT molecular complexity index is 871. The molecule has 2 heterocycles. The smallest absolute Gasteiger partial charge is 0.354 e. The van der Waals surface area contributed by atoms with Crippen LogP contribution in [0.5, 0.6) is 0 Å². The van der Waals surface area contributed by atoms with E-state index in [2.05, 4.69) is 4.98 Å². The summed E-state index contributed by atoms with van der Waals surface area (Å²) in [6, 6.07) is 8.72. The van der Waals surface area contributed by atoms with Crippen molar-refractivity contribution in [2.24, 2.45) is 0 Å². The van der Waals surface area contributed by atoms with Crippen molar-refractivity contribution >= 4 is 40.1 Å². The van der Waals surface area contributed by atoms with Crippen LogP contribution in [0.1, 0.15) is 16.1 Å². The number of rotatable bonds is 2. The Hall–Kier alpha value is -2.04. The van der Waals surface area contributed by atoms with E-state index in [-0.39, 0.29) is 10.7 Å². The van der Waals surface area contributed by atoms with Crippen LogP contribution in [0.4, 0.5) is 0 Å². The van der Waals surface area contributed by atoms with E-state index in [0.717, 1.165) is 5.56 Å². The molecule has 0 spiro atoms. The van der Waals surface area contributed by atoms with Gasteiger partial charge in [0.2, 0.25) is 0 Å². The van der Waals surface area contributed by atoms with E-state index in [0.29, 0.717) is 21.7 Å². The maximum Gasteiger partial charge on any atom is 0.354 e. The van der Waals surface area contributed by atoms with Gasteiger partial charge in [0.05, 0.1) is 10.5 Å². The van der Waals surface area contributed by atoms with Gasteiger partial charge in [-0.25, -0.2) is 9.78 Å². The fourth-order valence-corrected chi connectivity index (χ4v) is 2.78. The second-order valence-electron chi connectivity index (χ2n) is 4.66. The number of pyridine rings is 1. The van der Waals surface area contributed by atoms with Gasteiger partial charge in [0.25, 0.3) is 0 Å². The number of aromatic carboxylic acids is 1. The molecule has 6 heteroatoms. The minimum absolute atomic E-state index is 0.0213. The molecule has 21 heavy (non-hydrogen) atoms. The molecule has 2 aromatic heterocycles. The lowest BCUT2D eigenvalue weighted by Gasteiger charge is -2.08. The van der Waals surface area contributed by atoms with Gasteiger partial charge in [-0.05, 0) is 42.8 Å². The van der Waals surface area contributed by atoms with Crippen LogP contribution in [0.3, 0.4) is 0 Å². The first-order chi connectivity index (χ1) is 9.99. The van der Waals surface area contributed by atoms with Crippen LogP contribution in [0.15, 0.2) is 36.5 Å². The number of benzene rings is 1. The van der Waals surface area contributed by atoms with Crippen LogP contribution in [0.2, 0.25) is 10.0 Å². The van der Waals surface area contributed by atoms with E-state index in [9.17, 15) is 9.90 Å². The molecule has 0 saturated heterocycles. The molecule has 0 bridgehead atoms. The van der Waals surface area contributed by atoms with E-state index >= 15 is 0 Å². The average molecular weight is 321 g/mol. The van der Waals surface area contributed by atoms with Crippen LogP contribution in [-0.2, 0) is 0 Å². The van der Waals surface area contributed by atoms with Gasteiger partial charge in [-0.3, -0.25) is 4.57 Å². The average Bonchev–Trinajstić information content (AvgIpc) is 2.72. The molecular weight excluding hydrogens is 311 g/mol. The molecule has 0 atom stereocenters. The van der Waals surface area contributed by atoms with Crippen LogP contribution < -0.4 is 0 Å². The summed E-state index contributed by atoms with van der Waals surface area (Å²) in [5, 5.41) is 10.7. The zero-order chi connectivity index (χ0) is 15.1. The van der Waals surface area contributed by atoms with Gasteiger partial charge in [-0.15, -0.1) is 0 Å². The molecule has 4 nitrogen and oxygen atoms in total. The Balaban J connectivity index is 2.45. The van der Waals surface area contributed by atoms with E-state index in [1.165, 1.54) is 4.57 Å². The van der Waals surface area contributed by atoms with Crippen molar-refractivity contribution in [3.63, 3.8) is 0 Å². The third-order valence-corrected chi connectivity index (χ3v) is 3.82. The van der Waals surface area contributed by atoms with Crippen molar-refractivity contribution in [1.29, 1.82) is 0 Å². The van der Waals surface area contributed by atoms with Crippen molar-refractivity contribution in [3.05, 3.63) is 57.8 Å². The zero-order valence-corrected chi connectivity index (χ0v) is 12.5. The topological polar surface area (TPSA) is 55.1 Å². The minimum atomic E-state index is -1.12. The number of hydrogen-bond donors (Lipinski definition) is 1. The monoisotopic (exact) mass is 320 g/mol. The van der Waals surface area contributed by atoms with Gasteiger partial charge >= 0.3 is 5.97 Å². The van der Waals surface area contributed by atoms with Crippen LogP contribution in [0, 0.1) is 6.92 Å². The van der Waals surface area contributed by atoms with E-state index in [1.54, 1.807) is 30.5 Å². The number of carboxylic acids is 1. The standard InChI is InChI=1S/C15H10Cl2N2O2/c1-8-4-5-18-12(6-8)19-11-3-2-9(16)7-10(11)13(17)14(19)15(20)21/h2-7H,1H3,(H,20,21). The first-order valence-electron chi connectivity index (χ1n) is 6.15. The van der Waals surface area contributed by atoms with Gasteiger partial charge in [0, 0.05) is 16.6 Å². The molecule has 0 aliphatic rings. The van der Waals surface area contributed by atoms with Crippen molar-refractivity contribution in [3.8, 4) is 5.82 Å². The van der Waals surface area contributed by atoms with Crippen molar-refractivity contribution in [2.45, 2.75) is 6.92 Å². The molecular formula is C15H10Cl2N2O2. The largest absolute Gasteiger partial charge is 0.477 e. The van der Waals surface area contributed by atoms with Crippen molar-refractivity contribution < 1.29 is 9.90 Å². The van der Waals surface area contributed by atoms with Crippen molar-refractivity contribution in [2.75, 3.05) is 0 Å². The number of nitrogens with zero attached hydrogens (tertiary/aromatic N) is 2. The minimum Gasteiger partial charge on any atom is -0.477 e. The molecule has 0 saturated carbocycles. The first kappa shape index (κ1) is 13.9. The van der Waals surface area contributed by atoms with Crippen LogP contribution in [-0.4, -0.2) is 20.6 Å². The quantitative estimate of drug-likeness (QED) is 0.764. The van der Waals surface area contributed by atoms with Gasteiger partial charge in [0.1, 0.15) is 5.82 Å². The molecule has 0 radical (unpaired) electrons. The Morgan fingerprint density at radius 1 is 1.24 bits per heavy atom. The first-order valence-corrected chi connectivity index (χ1v) is 6.90. The third kappa shape index (κ3) is 2.26. The predicted molar refractivity (Wildman–Crippen MR) is 82.8 cm³/mol. The number of carbonyl (C=O) groups is 1. The third-order valence-electron chi connectivity index (χ3n) is 3.20. The summed E-state index contributed by atoms with van der Waals surface area (Å²) in [7, 11) is 0. The highest BCUT2D eigenvalue weighted by Crippen LogP contribution is 2.34. The van der Waals surface area contributed by atoms with E-state index in [4.69, 9.17) is 23.2 Å². The molecule has 1 N–H and O–H groups in total.